The molecule has 0 amide bonds. The fourth-order valence-corrected chi connectivity index (χ4v) is 4.46. The van der Waals surface area contributed by atoms with Gasteiger partial charge in [-0.15, -0.1) is 5.10 Å². The molecule has 4 rings (SSSR count). The second-order valence-electron chi connectivity index (χ2n) is 9.40. The van der Waals surface area contributed by atoms with E-state index in [4.69, 9.17) is 0 Å². The van der Waals surface area contributed by atoms with Gasteiger partial charge in [0.05, 0.1) is 5.54 Å². The van der Waals surface area contributed by atoms with Crippen molar-refractivity contribution >= 4 is 0 Å². The summed E-state index contributed by atoms with van der Waals surface area (Å²) in [5, 5.41) is 13.1. The zero-order valence-corrected chi connectivity index (χ0v) is 19.2. The van der Waals surface area contributed by atoms with Crippen molar-refractivity contribution in [1.82, 2.24) is 25.2 Å². The molecule has 0 bridgehead atoms. The second-order valence-corrected chi connectivity index (χ2v) is 9.40. The summed E-state index contributed by atoms with van der Waals surface area (Å²) in [5.41, 5.74) is 3.76. The Morgan fingerprint density at radius 3 is 2.45 bits per heavy atom. The van der Waals surface area contributed by atoms with Gasteiger partial charge in [0.25, 0.3) is 0 Å². The highest BCUT2D eigenvalue weighted by atomic mass is 15.6. The molecule has 1 aromatic carbocycles. The number of aromatic nitrogens is 5. The molecule has 3 aromatic rings. The summed E-state index contributed by atoms with van der Waals surface area (Å²) in [4.78, 5) is 7.43. The van der Waals surface area contributed by atoms with Crippen LogP contribution in [0.1, 0.15) is 55.7 Å². The number of tetrazole rings is 1. The molecule has 0 unspecified atom stereocenters. The minimum Gasteiger partial charge on any atom is -0.322 e. The number of aryl methyl sites for hydroxylation is 1. The molecule has 1 atom stereocenters. The number of quaternary nitrogens is 2. The number of piperazine rings is 1. The highest BCUT2D eigenvalue weighted by Crippen LogP contribution is 2.25. The number of rotatable bonds is 7. The van der Waals surface area contributed by atoms with Gasteiger partial charge in [-0.25, -0.2) is 4.68 Å². The SMILES string of the molecule is CCC(C)(C)n1nnnc1[C@H](c1ccc(C)cc1)[NH+]1CC[NH+](Cc2cccnc2)CC1. The van der Waals surface area contributed by atoms with Crippen LogP contribution in [0.4, 0.5) is 0 Å². The van der Waals surface area contributed by atoms with Gasteiger partial charge in [-0.05, 0) is 43.7 Å². The first-order valence-corrected chi connectivity index (χ1v) is 11.4. The van der Waals surface area contributed by atoms with Crippen molar-refractivity contribution in [2.24, 2.45) is 0 Å². The van der Waals surface area contributed by atoms with E-state index in [-0.39, 0.29) is 11.6 Å². The Kier molecular flexibility index (Phi) is 6.43. The monoisotopic (exact) mass is 421 g/mol. The van der Waals surface area contributed by atoms with E-state index >= 15 is 0 Å². The van der Waals surface area contributed by atoms with Crippen LogP contribution in [-0.2, 0) is 12.1 Å². The van der Waals surface area contributed by atoms with E-state index in [1.807, 2.05) is 18.5 Å². The summed E-state index contributed by atoms with van der Waals surface area (Å²) in [5.74, 6) is 0.974. The van der Waals surface area contributed by atoms with Gasteiger partial charge < -0.3 is 9.80 Å². The summed E-state index contributed by atoms with van der Waals surface area (Å²) >= 11 is 0. The van der Waals surface area contributed by atoms with Gasteiger partial charge >= 0.3 is 0 Å². The number of pyridine rings is 1. The van der Waals surface area contributed by atoms with Crippen LogP contribution in [0.5, 0.6) is 0 Å². The molecule has 2 N–H and O–H groups in total. The van der Waals surface area contributed by atoms with Gasteiger partial charge in [-0.3, -0.25) is 4.98 Å². The van der Waals surface area contributed by atoms with Crippen molar-refractivity contribution < 1.29 is 9.80 Å². The van der Waals surface area contributed by atoms with Gasteiger partial charge in [-0.1, -0.05) is 42.8 Å². The summed E-state index contributed by atoms with van der Waals surface area (Å²) < 4.78 is 2.05. The van der Waals surface area contributed by atoms with E-state index in [0.29, 0.717) is 0 Å². The Labute approximate surface area is 185 Å². The molecule has 1 aliphatic heterocycles. The topological polar surface area (TPSA) is 65.4 Å². The largest absolute Gasteiger partial charge is 0.322 e. The highest BCUT2D eigenvalue weighted by molar-refractivity contribution is 5.26. The van der Waals surface area contributed by atoms with Gasteiger partial charge in [-0.2, -0.15) is 0 Å². The molecular formula is C24H35N7+2. The number of hydrogen-bond donors (Lipinski definition) is 2. The molecule has 3 heterocycles. The zero-order valence-electron chi connectivity index (χ0n) is 19.2. The first kappa shape index (κ1) is 21.6. The van der Waals surface area contributed by atoms with Gasteiger partial charge in [0, 0.05) is 23.5 Å². The number of benzene rings is 1. The van der Waals surface area contributed by atoms with Crippen LogP contribution in [0.3, 0.4) is 0 Å². The molecule has 31 heavy (non-hydrogen) atoms. The molecule has 7 nitrogen and oxygen atoms in total. The second kappa shape index (κ2) is 9.24. The van der Waals surface area contributed by atoms with Crippen molar-refractivity contribution in [2.75, 3.05) is 26.2 Å². The molecule has 0 spiro atoms. The molecule has 2 aromatic heterocycles. The number of hydrogen-bond acceptors (Lipinski definition) is 4. The van der Waals surface area contributed by atoms with Crippen molar-refractivity contribution in [3.8, 4) is 0 Å². The normalized spacial score (nSPS) is 20.5. The van der Waals surface area contributed by atoms with Crippen LogP contribution in [0.15, 0.2) is 48.8 Å². The molecule has 164 valence electrons. The lowest BCUT2D eigenvalue weighted by atomic mass is 9.98. The maximum atomic E-state index is 4.56. The zero-order chi connectivity index (χ0) is 21.8. The Morgan fingerprint density at radius 2 is 1.81 bits per heavy atom. The van der Waals surface area contributed by atoms with Crippen LogP contribution in [0, 0.1) is 6.92 Å². The average molecular weight is 422 g/mol. The predicted octanol–water partition coefficient (Wildman–Crippen LogP) is 0.595. The summed E-state index contributed by atoms with van der Waals surface area (Å²) in [6.45, 7) is 14.2. The molecule has 1 fully saturated rings. The lowest BCUT2D eigenvalue weighted by molar-refractivity contribution is -1.03. The molecule has 1 saturated heterocycles. The van der Waals surface area contributed by atoms with Crippen molar-refractivity contribution in [1.29, 1.82) is 0 Å². The molecule has 0 aliphatic carbocycles. The van der Waals surface area contributed by atoms with E-state index in [1.165, 1.54) is 16.7 Å². The van der Waals surface area contributed by atoms with Gasteiger partial charge in [0.1, 0.15) is 32.7 Å². The quantitative estimate of drug-likeness (QED) is 0.586. The minimum atomic E-state index is -0.116. The van der Waals surface area contributed by atoms with Crippen molar-refractivity contribution in [2.45, 2.75) is 52.2 Å². The fraction of sp³-hybridized carbons (Fsp3) is 0.500. The van der Waals surface area contributed by atoms with Crippen molar-refractivity contribution in [3.63, 3.8) is 0 Å². The van der Waals surface area contributed by atoms with E-state index in [2.05, 4.69) is 83.2 Å². The Balaban J connectivity index is 1.58. The van der Waals surface area contributed by atoms with Gasteiger partial charge in [0.2, 0.25) is 5.82 Å². The molecule has 0 saturated carbocycles. The Bertz CT molecular complexity index is 957. The maximum Gasteiger partial charge on any atom is 0.214 e. The Morgan fingerprint density at radius 1 is 1.06 bits per heavy atom. The maximum absolute atomic E-state index is 4.56. The molecular weight excluding hydrogens is 386 g/mol. The third kappa shape index (κ3) is 4.83. The van der Waals surface area contributed by atoms with Gasteiger partial charge in [0.15, 0.2) is 6.04 Å². The van der Waals surface area contributed by atoms with E-state index in [1.54, 1.807) is 9.80 Å². The van der Waals surface area contributed by atoms with E-state index in [0.717, 1.165) is 45.0 Å². The Hall–Kier alpha value is -2.64. The van der Waals surface area contributed by atoms with E-state index in [9.17, 15) is 0 Å². The first-order valence-electron chi connectivity index (χ1n) is 11.4. The standard InChI is InChI=1S/C24H33N7/c1-5-24(3,4)31-23(26-27-28-31)22(21-10-8-19(2)9-11-21)30-15-13-29(14-16-30)18-20-7-6-12-25-17-20/h6-12,17,22H,5,13-16,18H2,1-4H3/p+2/t22-/m0/s1. The summed E-state index contributed by atoms with van der Waals surface area (Å²) in [6.07, 6.45) is 4.81. The predicted molar refractivity (Wildman–Crippen MR) is 120 cm³/mol. The van der Waals surface area contributed by atoms with Crippen LogP contribution in [-0.4, -0.2) is 51.4 Å². The fourth-order valence-electron chi connectivity index (χ4n) is 4.46. The van der Waals surface area contributed by atoms with Crippen LogP contribution < -0.4 is 9.80 Å². The molecule has 7 heteroatoms. The lowest BCUT2D eigenvalue weighted by Crippen LogP contribution is -3.27. The third-order valence-corrected chi connectivity index (χ3v) is 6.79. The highest BCUT2D eigenvalue weighted by Gasteiger charge is 2.38. The van der Waals surface area contributed by atoms with Crippen molar-refractivity contribution in [3.05, 3.63) is 71.3 Å². The van der Waals surface area contributed by atoms with Crippen LogP contribution >= 0.6 is 0 Å². The average Bonchev–Trinajstić information content (AvgIpc) is 3.28. The summed E-state index contributed by atoms with van der Waals surface area (Å²) in [7, 11) is 0. The van der Waals surface area contributed by atoms with Crippen LogP contribution in [0.25, 0.3) is 0 Å². The van der Waals surface area contributed by atoms with Crippen LogP contribution in [0.2, 0.25) is 0 Å². The van der Waals surface area contributed by atoms with E-state index < -0.39 is 0 Å². The lowest BCUT2D eigenvalue weighted by Gasteiger charge is -2.35. The molecule has 0 radical (unpaired) electrons. The first-order chi connectivity index (χ1) is 15.0. The summed E-state index contributed by atoms with van der Waals surface area (Å²) in [6, 6.07) is 13.2. The number of nitrogens with zero attached hydrogens (tertiary/aromatic N) is 5. The number of nitrogens with one attached hydrogen (secondary N) is 2. The smallest absolute Gasteiger partial charge is 0.214 e. The third-order valence-electron chi connectivity index (χ3n) is 6.79. The molecule has 1 aliphatic rings. The minimum absolute atomic E-state index is 0.116.